The average Bonchev–Trinajstić information content (AvgIpc) is 2.18. The molecule has 0 unspecified atom stereocenters. The van der Waals surface area contributed by atoms with E-state index in [9.17, 15) is 14.9 Å². The first-order valence-electron chi connectivity index (χ1n) is 4.33. The summed E-state index contributed by atoms with van der Waals surface area (Å²) in [6.07, 6.45) is 0. The third-order valence-electron chi connectivity index (χ3n) is 2.00. The number of nitrogens with zero attached hydrogens (tertiary/aromatic N) is 1. The van der Waals surface area contributed by atoms with Gasteiger partial charge in [-0.05, 0) is 6.92 Å². The molecule has 0 atom stereocenters. The summed E-state index contributed by atoms with van der Waals surface area (Å²) in [4.78, 5) is 21.5. The summed E-state index contributed by atoms with van der Waals surface area (Å²) in [5.74, 6) is -0.263. The zero-order chi connectivity index (χ0) is 11.4. The van der Waals surface area contributed by atoms with Crippen LogP contribution in [0.25, 0.3) is 0 Å². The lowest BCUT2D eigenvalue weighted by atomic mass is 10.1. The number of benzene rings is 1. The van der Waals surface area contributed by atoms with Gasteiger partial charge in [0, 0.05) is 24.3 Å². The predicted octanol–water partition coefficient (Wildman–Crippen LogP) is 1.73. The Balaban J connectivity index is 3.07. The third kappa shape index (κ3) is 2.60. The smallest absolute Gasteiger partial charge is 0.273 e. The molecule has 15 heavy (non-hydrogen) atoms. The van der Waals surface area contributed by atoms with Crippen molar-refractivity contribution in [2.24, 2.45) is 0 Å². The molecule has 0 N–H and O–H groups in total. The Morgan fingerprint density at radius 1 is 1.53 bits per heavy atom. The molecule has 5 nitrogen and oxygen atoms in total. The molecule has 0 radical (unpaired) electrons. The van der Waals surface area contributed by atoms with Crippen LogP contribution in [-0.2, 0) is 4.74 Å². The second-order valence-electron chi connectivity index (χ2n) is 3.11. The number of rotatable bonds is 4. The van der Waals surface area contributed by atoms with Gasteiger partial charge in [0.1, 0.15) is 6.61 Å². The number of carbonyl (C=O) groups is 1. The molecule has 0 aliphatic heterocycles. The van der Waals surface area contributed by atoms with Crippen molar-refractivity contribution in [3.8, 4) is 0 Å². The lowest BCUT2D eigenvalue weighted by Gasteiger charge is -2.01. The van der Waals surface area contributed by atoms with E-state index in [1.165, 1.54) is 13.2 Å². The van der Waals surface area contributed by atoms with Gasteiger partial charge in [0.15, 0.2) is 5.78 Å². The highest BCUT2D eigenvalue weighted by Gasteiger charge is 2.14. The summed E-state index contributed by atoms with van der Waals surface area (Å²) in [7, 11) is 1.40. The molecule has 0 amide bonds. The number of carbonyl (C=O) groups excluding carboxylic acids is 1. The fourth-order valence-corrected chi connectivity index (χ4v) is 1.19. The Morgan fingerprint density at radius 2 is 2.20 bits per heavy atom. The van der Waals surface area contributed by atoms with Crippen LogP contribution in [0.3, 0.4) is 0 Å². The molecule has 1 aromatic rings. The number of hydrogen-bond donors (Lipinski definition) is 0. The number of nitro groups is 1. The SMILES string of the molecule is COCC(=O)c1ccc(C)c([N+](=O)[O-])c1. The highest BCUT2D eigenvalue weighted by atomic mass is 16.6. The maximum absolute atomic E-state index is 11.4. The van der Waals surface area contributed by atoms with Gasteiger partial charge >= 0.3 is 0 Å². The van der Waals surface area contributed by atoms with Crippen molar-refractivity contribution >= 4 is 11.5 Å². The number of Topliss-reactive ketones (excluding diaryl/α,β-unsaturated/α-hetero) is 1. The van der Waals surface area contributed by atoms with E-state index in [0.29, 0.717) is 11.1 Å². The standard InChI is InChI=1S/C10H11NO4/c1-7-3-4-8(10(12)6-15-2)5-9(7)11(13)14/h3-5H,6H2,1-2H3. The summed E-state index contributed by atoms with van der Waals surface area (Å²) >= 11 is 0. The maximum atomic E-state index is 11.4. The van der Waals surface area contributed by atoms with Gasteiger partial charge in [0.25, 0.3) is 5.69 Å². The Morgan fingerprint density at radius 3 is 2.73 bits per heavy atom. The third-order valence-corrected chi connectivity index (χ3v) is 2.00. The number of ether oxygens (including phenoxy) is 1. The van der Waals surface area contributed by atoms with E-state index in [4.69, 9.17) is 0 Å². The van der Waals surface area contributed by atoms with Crippen LogP contribution in [0.15, 0.2) is 18.2 Å². The molecule has 0 aliphatic carbocycles. The summed E-state index contributed by atoms with van der Waals surface area (Å²) in [5.41, 5.74) is 0.792. The summed E-state index contributed by atoms with van der Waals surface area (Å²) < 4.78 is 4.67. The van der Waals surface area contributed by atoms with E-state index in [0.717, 1.165) is 0 Å². The Labute approximate surface area is 86.8 Å². The molecule has 0 saturated heterocycles. The molecule has 1 aromatic carbocycles. The molecule has 0 heterocycles. The van der Waals surface area contributed by atoms with Crippen molar-refractivity contribution in [1.29, 1.82) is 0 Å². The van der Waals surface area contributed by atoms with Crippen molar-refractivity contribution in [2.45, 2.75) is 6.92 Å². The Hall–Kier alpha value is -1.75. The molecule has 80 valence electrons. The maximum Gasteiger partial charge on any atom is 0.273 e. The zero-order valence-electron chi connectivity index (χ0n) is 8.52. The van der Waals surface area contributed by atoms with Gasteiger partial charge in [0.05, 0.1) is 4.92 Å². The monoisotopic (exact) mass is 209 g/mol. The first-order valence-corrected chi connectivity index (χ1v) is 4.33. The molecule has 0 aromatic heterocycles. The van der Waals surface area contributed by atoms with Crippen LogP contribution in [-0.4, -0.2) is 24.4 Å². The van der Waals surface area contributed by atoms with Crippen LogP contribution in [0, 0.1) is 17.0 Å². The van der Waals surface area contributed by atoms with Crippen molar-refractivity contribution in [2.75, 3.05) is 13.7 Å². The first-order chi connectivity index (χ1) is 7.06. The Bertz CT molecular complexity index is 400. The first kappa shape index (κ1) is 11.3. The van der Waals surface area contributed by atoms with E-state index in [2.05, 4.69) is 4.74 Å². The predicted molar refractivity (Wildman–Crippen MR) is 54.0 cm³/mol. The second-order valence-corrected chi connectivity index (χ2v) is 3.11. The van der Waals surface area contributed by atoms with Crippen molar-refractivity contribution in [3.05, 3.63) is 39.4 Å². The topological polar surface area (TPSA) is 69.4 Å². The van der Waals surface area contributed by atoms with Gasteiger partial charge < -0.3 is 4.74 Å². The normalized spacial score (nSPS) is 10.0. The molecule has 0 fully saturated rings. The highest BCUT2D eigenvalue weighted by Crippen LogP contribution is 2.19. The Kier molecular flexibility index (Phi) is 3.51. The number of ketones is 1. The molecular formula is C10H11NO4. The van der Waals surface area contributed by atoms with Crippen LogP contribution in [0.5, 0.6) is 0 Å². The summed E-state index contributed by atoms with van der Waals surface area (Å²) in [6, 6.07) is 4.39. The van der Waals surface area contributed by atoms with Crippen LogP contribution in [0.1, 0.15) is 15.9 Å². The van der Waals surface area contributed by atoms with Crippen LogP contribution >= 0.6 is 0 Å². The van der Waals surface area contributed by atoms with Crippen molar-refractivity contribution in [1.82, 2.24) is 0 Å². The molecular weight excluding hydrogens is 198 g/mol. The fraction of sp³-hybridized carbons (Fsp3) is 0.300. The number of aryl methyl sites for hydroxylation is 1. The molecule has 0 aliphatic rings. The van der Waals surface area contributed by atoms with E-state index in [-0.39, 0.29) is 18.1 Å². The van der Waals surface area contributed by atoms with Gasteiger partial charge in [-0.15, -0.1) is 0 Å². The van der Waals surface area contributed by atoms with E-state index in [1.54, 1.807) is 19.1 Å². The van der Waals surface area contributed by atoms with E-state index in [1.807, 2.05) is 0 Å². The number of methoxy groups -OCH3 is 1. The van der Waals surface area contributed by atoms with E-state index >= 15 is 0 Å². The molecule has 0 spiro atoms. The minimum Gasteiger partial charge on any atom is -0.377 e. The van der Waals surface area contributed by atoms with Gasteiger partial charge in [-0.25, -0.2) is 0 Å². The molecule has 1 rings (SSSR count). The van der Waals surface area contributed by atoms with Gasteiger partial charge in [-0.3, -0.25) is 14.9 Å². The van der Waals surface area contributed by atoms with Crippen LogP contribution < -0.4 is 0 Å². The van der Waals surface area contributed by atoms with Gasteiger partial charge in [-0.2, -0.15) is 0 Å². The molecule has 0 bridgehead atoms. The van der Waals surface area contributed by atoms with Crippen molar-refractivity contribution in [3.63, 3.8) is 0 Å². The average molecular weight is 209 g/mol. The van der Waals surface area contributed by atoms with Crippen LogP contribution in [0.2, 0.25) is 0 Å². The number of nitro benzene ring substituents is 1. The minimum absolute atomic E-state index is 0.0445. The quantitative estimate of drug-likeness (QED) is 0.430. The lowest BCUT2D eigenvalue weighted by molar-refractivity contribution is -0.385. The molecule has 5 heteroatoms. The minimum atomic E-state index is -0.501. The lowest BCUT2D eigenvalue weighted by Crippen LogP contribution is -2.07. The van der Waals surface area contributed by atoms with Gasteiger partial charge in [0.2, 0.25) is 0 Å². The zero-order valence-corrected chi connectivity index (χ0v) is 8.52. The summed E-state index contributed by atoms with van der Waals surface area (Å²) in [6.45, 7) is 1.56. The van der Waals surface area contributed by atoms with E-state index < -0.39 is 4.92 Å². The van der Waals surface area contributed by atoms with Crippen LogP contribution in [0.4, 0.5) is 5.69 Å². The fourth-order valence-electron chi connectivity index (χ4n) is 1.19. The van der Waals surface area contributed by atoms with Crippen molar-refractivity contribution < 1.29 is 14.5 Å². The highest BCUT2D eigenvalue weighted by molar-refractivity contribution is 5.97. The van der Waals surface area contributed by atoms with Gasteiger partial charge in [-0.1, -0.05) is 12.1 Å². The number of hydrogen-bond acceptors (Lipinski definition) is 4. The largest absolute Gasteiger partial charge is 0.377 e. The molecule has 0 saturated carbocycles. The second kappa shape index (κ2) is 4.65. The summed E-state index contributed by atoms with van der Waals surface area (Å²) in [5, 5.41) is 10.6.